The lowest BCUT2D eigenvalue weighted by Gasteiger charge is -2.17. The highest BCUT2D eigenvalue weighted by molar-refractivity contribution is 5.94. The minimum Gasteiger partial charge on any atom is -0.373 e. The van der Waals surface area contributed by atoms with Gasteiger partial charge in [-0.1, -0.05) is 13.8 Å². The standard InChI is InChI=1S/C13H22N4O/c1-4-17(5-2)9-8-15-13(18)11-6-7-12(14-3)16-10-11/h6-7,10H,4-5,8-9H2,1-3H3,(H,14,16)(H,15,18). The van der Waals surface area contributed by atoms with Crippen LogP contribution in [0.4, 0.5) is 5.82 Å². The monoisotopic (exact) mass is 250 g/mol. The van der Waals surface area contributed by atoms with Gasteiger partial charge in [0.1, 0.15) is 5.82 Å². The lowest BCUT2D eigenvalue weighted by atomic mass is 10.2. The van der Waals surface area contributed by atoms with Crippen LogP contribution in [-0.4, -0.2) is 49.0 Å². The molecule has 0 saturated heterocycles. The van der Waals surface area contributed by atoms with E-state index in [-0.39, 0.29) is 5.91 Å². The van der Waals surface area contributed by atoms with Crippen molar-refractivity contribution in [1.29, 1.82) is 0 Å². The highest BCUT2D eigenvalue weighted by Gasteiger charge is 2.06. The van der Waals surface area contributed by atoms with Gasteiger partial charge >= 0.3 is 0 Å². The van der Waals surface area contributed by atoms with Crippen molar-refractivity contribution in [3.05, 3.63) is 23.9 Å². The van der Waals surface area contributed by atoms with Gasteiger partial charge in [0.15, 0.2) is 0 Å². The maximum atomic E-state index is 11.8. The maximum absolute atomic E-state index is 11.8. The van der Waals surface area contributed by atoms with Crippen LogP contribution >= 0.6 is 0 Å². The lowest BCUT2D eigenvalue weighted by molar-refractivity contribution is 0.0948. The van der Waals surface area contributed by atoms with Crippen LogP contribution in [0.3, 0.4) is 0 Å². The van der Waals surface area contributed by atoms with Gasteiger partial charge < -0.3 is 15.5 Å². The Labute approximate surface area is 109 Å². The zero-order valence-corrected chi connectivity index (χ0v) is 11.4. The quantitative estimate of drug-likeness (QED) is 0.763. The minimum absolute atomic E-state index is 0.0719. The van der Waals surface area contributed by atoms with Crippen LogP contribution in [0.15, 0.2) is 18.3 Å². The van der Waals surface area contributed by atoms with E-state index in [9.17, 15) is 4.79 Å². The molecule has 1 heterocycles. The van der Waals surface area contributed by atoms with Crippen molar-refractivity contribution in [1.82, 2.24) is 15.2 Å². The molecule has 5 heteroatoms. The van der Waals surface area contributed by atoms with E-state index in [4.69, 9.17) is 0 Å². The van der Waals surface area contributed by atoms with Crippen LogP contribution in [0, 0.1) is 0 Å². The van der Waals surface area contributed by atoms with Gasteiger partial charge in [-0.05, 0) is 25.2 Å². The van der Waals surface area contributed by atoms with E-state index in [0.717, 1.165) is 25.5 Å². The molecule has 0 aliphatic heterocycles. The van der Waals surface area contributed by atoms with Crippen molar-refractivity contribution >= 4 is 11.7 Å². The second kappa shape index (κ2) is 7.66. The molecule has 0 aliphatic carbocycles. The molecule has 0 atom stereocenters. The topological polar surface area (TPSA) is 57.3 Å². The van der Waals surface area contributed by atoms with E-state index in [1.165, 1.54) is 0 Å². The molecule has 1 rings (SSSR count). The van der Waals surface area contributed by atoms with Crippen molar-refractivity contribution in [3.63, 3.8) is 0 Å². The molecule has 0 radical (unpaired) electrons. The van der Waals surface area contributed by atoms with Gasteiger partial charge in [0.2, 0.25) is 0 Å². The molecule has 2 N–H and O–H groups in total. The number of amides is 1. The van der Waals surface area contributed by atoms with Crippen LogP contribution < -0.4 is 10.6 Å². The highest BCUT2D eigenvalue weighted by Crippen LogP contribution is 2.03. The molecular weight excluding hydrogens is 228 g/mol. The summed E-state index contributed by atoms with van der Waals surface area (Å²) in [6.07, 6.45) is 1.58. The van der Waals surface area contributed by atoms with Crippen LogP contribution in [0.1, 0.15) is 24.2 Å². The summed E-state index contributed by atoms with van der Waals surface area (Å²) in [7, 11) is 1.80. The van der Waals surface area contributed by atoms with E-state index in [2.05, 4.69) is 34.4 Å². The first-order valence-electron chi connectivity index (χ1n) is 6.35. The number of carbonyl (C=O) groups excluding carboxylic acids is 1. The van der Waals surface area contributed by atoms with Crippen LogP contribution in [0.2, 0.25) is 0 Å². The van der Waals surface area contributed by atoms with Gasteiger partial charge in [-0.2, -0.15) is 0 Å². The second-order valence-corrected chi connectivity index (χ2v) is 3.96. The molecule has 0 fully saturated rings. The van der Waals surface area contributed by atoms with E-state index in [1.807, 2.05) is 0 Å². The number of hydrogen-bond donors (Lipinski definition) is 2. The molecule has 1 aromatic heterocycles. The molecule has 0 spiro atoms. The fourth-order valence-corrected chi connectivity index (χ4v) is 1.65. The molecule has 5 nitrogen and oxygen atoms in total. The third kappa shape index (κ3) is 4.33. The summed E-state index contributed by atoms with van der Waals surface area (Å²) in [5.41, 5.74) is 0.591. The average molecular weight is 250 g/mol. The average Bonchev–Trinajstić information content (AvgIpc) is 2.43. The van der Waals surface area contributed by atoms with Gasteiger partial charge in [-0.15, -0.1) is 0 Å². The van der Waals surface area contributed by atoms with E-state index in [0.29, 0.717) is 12.1 Å². The molecule has 100 valence electrons. The Morgan fingerprint density at radius 1 is 1.33 bits per heavy atom. The molecule has 18 heavy (non-hydrogen) atoms. The molecular formula is C13H22N4O. The summed E-state index contributed by atoms with van der Waals surface area (Å²) in [6.45, 7) is 7.78. The lowest BCUT2D eigenvalue weighted by Crippen LogP contribution is -2.34. The molecule has 0 unspecified atom stereocenters. The van der Waals surface area contributed by atoms with Crippen molar-refractivity contribution in [2.24, 2.45) is 0 Å². The van der Waals surface area contributed by atoms with Crippen molar-refractivity contribution in [2.75, 3.05) is 38.5 Å². The number of nitrogens with one attached hydrogen (secondary N) is 2. The first kappa shape index (κ1) is 14.4. The zero-order valence-electron chi connectivity index (χ0n) is 11.4. The van der Waals surface area contributed by atoms with E-state index < -0.39 is 0 Å². The number of likely N-dealkylation sites (N-methyl/N-ethyl adjacent to an activating group) is 1. The van der Waals surface area contributed by atoms with Crippen molar-refractivity contribution in [2.45, 2.75) is 13.8 Å². The number of aromatic nitrogens is 1. The molecule has 0 aliphatic rings. The number of rotatable bonds is 7. The Morgan fingerprint density at radius 2 is 2.06 bits per heavy atom. The van der Waals surface area contributed by atoms with Gasteiger partial charge in [0, 0.05) is 26.3 Å². The van der Waals surface area contributed by atoms with Crippen molar-refractivity contribution in [3.8, 4) is 0 Å². The van der Waals surface area contributed by atoms with Gasteiger partial charge in [-0.25, -0.2) is 4.98 Å². The Balaban J connectivity index is 2.40. The zero-order chi connectivity index (χ0) is 13.4. The third-order valence-corrected chi connectivity index (χ3v) is 2.89. The smallest absolute Gasteiger partial charge is 0.252 e. The number of hydrogen-bond acceptors (Lipinski definition) is 4. The summed E-state index contributed by atoms with van der Waals surface area (Å²) >= 11 is 0. The summed E-state index contributed by atoms with van der Waals surface area (Å²) in [5, 5.41) is 5.81. The molecule has 1 amide bonds. The minimum atomic E-state index is -0.0719. The van der Waals surface area contributed by atoms with Gasteiger partial charge in [0.05, 0.1) is 5.56 Å². The summed E-state index contributed by atoms with van der Waals surface area (Å²) in [5.74, 6) is 0.687. The molecule has 0 saturated carbocycles. The normalized spacial score (nSPS) is 10.4. The summed E-state index contributed by atoms with van der Waals surface area (Å²) in [4.78, 5) is 18.2. The first-order valence-corrected chi connectivity index (χ1v) is 6.35. The maximum Gasteiger partial charge on any atom is 0.252 e. The summed E-state index contributed by atoms with van der Waals surface area (Å²) < 4.78 is 0. The van der Waals surface area contributed by atoms with Crippen LogP contribution in [0.25, 0.3) is 0 Å². The number of anilines is 1. The highest BCUT2D eigenvalue weighted by atomic mass is 16.1. The molecule has 0 bridgehead atoms. The van der Waals surface area contributed by atoms with E-state index in [1.54, 1.807) is 25.4 Å². The Bertz CT molecular complexity index is 360. The molecule has 1 aromatic rings. The summed E-state index contributed by atoms with van der Waals surface area (Å²) in [6, 6.07) is 3.56. The number of pyridine rings is 1. The first-order chi connectivity index (χ1) is 8.71. The molecule has 0 aromatic carbocycles. The van der Waals surface area contributed by atoms with Gasteiger partial charge in [0.25, 0.3) is 5.91 Å². The van der Waals surface area contributed by atoms with Crippen molar-refractivity contribution < 1.29 is 4.79 Å². The predicted molar refractivity (Wildman–Crippen MR) is 73.9 cm³/mol. The van der Waals surface area contributed by atoms with Gasteiger partial charge in [-0.3, -0.25) is 4.79 Å². The van der Waals surface area contributed by atoms with Crippen LogP contribution in [0.5, 0.6) is 0 Å². The SMILES string of the molecule is CCN(CC)CCNC(=O)c1ccc(NC)nc1. The fraction of sp³-hybridized carbons (Fsp3) is 0.538. The Hall–Kier alpha value is -1.62. The predicted octanol–water partition coefficient (Wildman–Crippen LogP) is 1.19. The van der Waals surface area contributed by atoms with Crippen LogP contribution in [-0.2, 0) is 0 Å². The largest absolute Gasteiger partial charge is 0.373 e. The second-order valence-electron chi connectivity index (χ2n) is 3.96. The number of carbonyl (C=O) groups is 1. The fourth-order valence-electron chi connectivity index (χ4n) is 1.65. The Morgan fingerprint density at radius 3 is 2.56 bits per heavy atom. The Kier molecular flexibility index (Phi) is 6.14. The van der Waals surface area contributed by atoms with E-state index >= 15 is 0 Å². The number of nitrogens with zero attached hydrogens (tertiary/aromatic N) is 2. The third-order valence-electron chi connectivity index (χ3n) is 2.89.